The van der Waals surface area contributed by atoms with Crippen molar-refractivity contribution in [3.8, 4) is 5.88 Å². The number of rotatable bonds is 4. The summed E-state index contributed by atoms with van der Waals surface area (Å²) in [7, 11) is 1.58. The van der Waals surface area contributed by atoms with E-state index in [-0.39, 0.29) is 12.1 Å². The van der Waals surface area contributed by atoms with Crippen molar-refractivity contribution in [2.24, 2.45) is 5.73 Å². The fourth-order valence-corrected chi connectivity index (χ4v) is 2.79. The first-order chi connectivity index (χ1) is 10.7. The minimum atomic E-state index is -0.578. The maximum absolute atomic E-state index is 10.5. The van der Waals surface area contributed by atoms with Gasteiger partial charge in [0.05, 0.1) is 37.0 Å². The van der Waals surface area contributed by atoms with E-state index in [1.807, 2.05) is 12.1 Å². The highest BCUT2D eigenvalue weighted by molar-refractivity contribution is 5.78. The van der Waals surface area contributed by atoms with Crippen molar-refractivity contribution in [1.82, 2.24) is 9.97 Å². The Balaban J connectivity index is 1.80. The lowest BCUT2D eigenvalue weighted by Crippen LogP contribution is -2.41. The summed E-state index contributed by atoms with van der Waals surface area (Å²) in [6, 6.07) is 5.61. The van der Waals surface area contributed by atoms with Crippen molar-refractivity contribution in [2.75, 3.05) is 13.7 Å². The summed E-state index contributed by atoms with van der Waals surface area (Å²) in [5, 5.41) is 10.5. The molecule has 0 radical (unpaired) electrons. The second kappa shape index (κ2) is 6.56. The van der Waals surface area contributed by atoms with E-state index in [9.17, 15) is 5.11 Å². The van der Waals surface area contributed by atoms with Gasteiger partial charge in [-0.25, -0.2) is 4.98 Å². The highest BCUT2D eigenvalue weighted by Gasteiger charge is 2.26. The Hall–Kier alpha value is -1.76. The van der Waals surface area contributed by atoms with Crippen LogP contribution in [-0.2, 0) is 11.2 Å². The van der Waals surface area contributed by atoms with E-state index in [2.05, 4.69) is 9.97 Å². The quantitative estimate of drug-likeness (QED) is 0.877. The normalized spacial score (nSPS) is 23.4. The number of aliphatic hydroxyl groups excluding tert-OH is 1. The molecule has 1 saturated heterocycles. The number of fused-ring (bicyclic) bond motifs is 1. The van der Waals surface area contributed by atoms with Crippen molar-refractivity contribution in [1.29, 1.82) is 0 Å². The molecule has 3 heterocycles. The minimum absolute atomic E-state index is 0.0798. The Morgan fingerprint density at radius 2 is 2.27 bits per heavy atom. The summed E-state index contributed by atoms with van der Waals surface area (Å²) in [4.78, 5) is 8.75. The van der Waals surface area contributed by atoms with Gasteiger partial charge in [0.15, 0.2) is 0 Å². The molecule has 1 fully saturated rings. The third-order valence-electron chi connectivity index (χ3n) is 4.06. The molecule has 1 aliphatic heterocycles. The molecule has 6 nitrogen and oxygen atoms in total. The van der Waals surface area contributed by atoms with Crippen LogP contribution in [0.25, 0.3) is 11.0 Å². The SMILES string of the molecule is COc1ccc2nccc(C[C@@H](O)[C@H]3CC[C@H](N)CO3)c2n1. The van der Waals surface area contributed by atoms with Gasteiger partial charge >= 0.3 is 0 Å². The maximum atomic E-state index is 10.5. The van der Waals surface area contributed by atoms with Crippen LogP contribution in [0.15, 0.2) is 24.4 Å². The number of hydrogen-bond acceptors (Lipinski definition) is 6. The summed E-state index contributed by atoms with van der Waals surface area (Å²) < 4.78 is 10.8. The smallest absolute Gasteiger partial charge is 0.213 e. The molecule has 0 spiro atoms. The van der Waals surface area contributed by atoms with E-state index in [0.717, 1.165) is 29.4 Å². The van der Waals surface area contributed by atoms with Crippen LogP contribution in [0, 0.1) is 0 Å². The van der Waals surface area contributed by atoms with Gasteiger partial charge in [0.25, 0.3) is 0 Å². The van der Waals surface area contributed by atoms with Gasteiger partial charge in [-0.1, -0.05) is 0 Å². The largest absolute Gasteiger partial charge is 0.481 e. The minimum Gasteiger partial charge on any atom is -0.481 e. The Bertz CT molecular complexity index is 642. The van der Waals surface area contributed by atoms with Crippen LogP contribution in [-0.4, -0.2) is 47.0 Å². The topological polar surface area (TPSA) is 90.5 Å². The van der Waals surface area contributed by atoms with E-state index in [0.29, 0.717) is 18.9 Å². The second-order valence-corrected chi connectivity index (χ2v) is 5.67. The molecule has 6 heteroatoms. The van der Waals surface area contributed by atoms with Gasteiger partial charge in [0.1, 0.15) is 0 Å². The summed E-state index contributed by atoms with van der Waals surface area (Å²) in [6.45, 7) is 0.505. The number of aliphatic hydroxyl groups is 1. The third-order valence-corrected chi connectivity index (χ3v) is 4.06. The molecule has 3 rings (SSSR count). The highest BCUT2D eigenvalue weighted by atomic mass is 16.5. The summed E-state index contributed by atoms with van der Waals surface area (Å²) >= 11 is 0. The van der Waals surface area contributed by atoms with Crippen LogP contribution in [0.2, 0.25) is 0 Å². The molecule has 22 heavy (non-hydrogen) atoms. The fourth-order valence-electron chi connectivity index (χ4n) is 2.79. The van der Waals surface area contributed by atoms with Gasteiger partial charge in [0.2, 0.25) is 5.88 Å². The third kappa shape index (κ3) is 3.19. The zero-order valence-corrected chi connectivity index (χ0v) is 12.6. The molecule has 0 aromatic carbocycles. The van der Waals surface area contributed by atoms with Gasteiger partial charge in [-0.05, 0) is 30.5 Å². The number of pyridine rings is 2. The van der Waals surface area contributed by atoms with Crippen LogP contribution in [0.4, 0.5) is 0 Å². The van der Waals surface area contributed by atoms with E-state index in [1.54, 1.807) is 19.4 Å². The van der Waals surface area contributed by atoms with Crippen LogP contribution in [0.3, 0.4) is 0 Å². The molecule has 0 saturated carbocycles. The first-order valence-corrected chi connectivity index (χ1v) is 7.51. The summed E-state index contributed by atoms with van der Waals surface area (Å²) in [5.74, 6) is 0.538. The zero-order valence-electron chi connectivity index (χ0n) is 12.6. The van der Waals surface area contributed by atoms with Crippen molar-refractivity contribution in [3.63, 3.8) is 0 Å². The monoisotopic (exact) mass is 303 g/mol. The second-order valence-electron chi connectivity index (χ2n) is 5.67. The van der Waals surface area contributed by atoms with E-state index in [4.69, 9.17) is 15.2 Å². The summed E-state index contributed by atoms with van der Waals surface area (Å²) in [6.07, 6.45) is 3.11. The first-order valence-electron chi connectivity index (χ1n) is 7.51. The molecular formula is C16H21N3O3. The lowest BCUT2D eigenvalue weighted by Gasteiger charge is -2.30. The van der Waals surface area contributed by atoms with Crippen molar-refractivity contribution in [2.45, 2.75) is 37.5 Å². The number of aromatic nitrogens is 2. The molecule has 2 aromatic rings. The zero-order chi connectivity index (χ0) is 15.5. The van der Waals surface area contributed by atoms with Crippen molar-refractivity contribution < 1.29 is 14.6 Å². The molecule has 0 aliphatic carbocycles. The molecule has 3 N–H and O–H groups in total. The molecule has 1 aliphatic rings. The number of nitrogens with two attached hydrogens (primary N) is 1. The predicted octanol–water partition coefficient (Wildman–Crippen LogP) is 1.05. The molecule has 3 atom stereocenters. The number of hydrogen-bond donors (Lipinski definition) is 2. The lowest BCUT2D eigenvalue weighted by atomic mass is 9.96. The van der Waals surface area contributed by atoms with Gasteiger partial charge < -0.3 is 20.3 Å². The van der Waals surface area contributed by atoms with Crippen LogP contribution < -0.4 is 10.5 Å². The number of ether oxygens (including phenoxy) is 2. The Labute approximate surface area is 129 Å². The van der Waals surface area contributed by atoms with Crippen molar-refractivity contribution in [3.05, 3.63) is 30.0 Å². The molecule has 118 valence electrons. The molecular weight excluding hydrogens is 282 g/mol. The van der Waals surface area contributed by atoms with Crippen LogP contribution in [0.5, 0.6) is 5.88 Å². The molecule has 0 unspecified atom stereocenters. The molecule has 0 amide bonds. The average molecular weight is 303 g/mol. The van der Waals surface area contributed by atoms with Gasteiger partial charge in [-0.2, -0.15) is 0 Å². The molecule has 2 aromatic heterocycles. The summed E-state index contributed by atoms with van der Waals surface area (Å²) in [5.41, 5.74) is 8.30. The number of nitrogens with zero attached hydrogens (tertiary/aromatic N) is 2. The average Bonchev–Trinajstić information content (AvgIpc) is 2.55. The lowest BCUT2D eigenvalue weighted by molar-refractivity contribution is -0.0671. The Morgan fingerprint density at radius 3 is 3.00 bits per heavy atom. The first kappa shape index (κ1) is 15.1. The fraction of sp³-hybridized carbons (Fsp3) is 0.500. The molecule has 0 bridgehead atoms. The van der Waals surface area contributed by atoms with E-state index in [1.165, 1.54) is 0 Å². The Kier molecular flexibility index (Phi) is 4.52. The van der Waals surface area contributed by atoms with Crippen LogP contribution in [0.1, 0.15) is 18.4 Å². The van der Waals surface area contributed by atoms with Crippen LogP contribution >= 0.6 is 0 Å². The van der Waals surface area contributed by atoms with Gasteiger partial charge in [-0.3, -0.25) is 4.98 Å². The van der Waals surface area contributed by atoms with Gasteiger partial charge in [0, 0.05) is 24.7 Å². The standard InChI is InChI=1S/C16H21N3O3/c1-21-15-5-3-12-16(19-15)10(6-7-18-12)8-13(20)14-4-2-11(17)9-22-14/h3,5-7,11,13-14,20H,2,4,8-9,17H2,1H3/t11-,13+,14+/m0/s1. The van der Waals surface area contributed by atoms with E-state index >= 15 is 0 Å². The van der Waals surface area contributed by atoms with Gasteiger partial charge in [-0.15, -0.1) is 0 Å². The maximum Gasteiger partial charge on any atom is 0.213 e. The van der Waals surface area contributed by atoms with E-state index < -0.39 is 6.10 Å². The predicted molar refractivity (Wildman–Crippen MR) is 82.8 cm³/mol. The number of methoxy groups -OCH3 is 1. The Morgan fingerprint density at radius 1 is 1.41 bits per heavy atom. The highest BCUT2D eigenvalue weighted by Crippen LogP contribution is 2.23. The van der Waals surface area contributed by atoms with Crippen molar-refractivity contribution >= 4 is 11.0 Å².